The van der Waals surface area contributed by atoms with Crippen LogP contribution in [0.15, 0.2) is 54.6 Å². The summed E-state index contributed by atoms with van der Waals surface area (Å²) in [5, 5.41) is 5.81. The Balaban J connectivity index is 1.55. The number of carbonyl (C=O) groups is 2. The van der Waals surface area contributed by atoms with Crippen molar-refractivity contribution in [3.63, 3.8) is 0 Å². The predicted octanol–water partition coefficient (Wildman–Crippen LogP) is 3.30. The van der Waals surface area contributed by atoms with Gasteiger partial charge in [-0.2, -0.15) is 0 Å². The van der Waals surface area contributed by atoms with E-state index in [1.165, 1.54) is 0 Å². The summed E-state index contributed by atoms with van der Waals surface area (Å²) in [6.45, 7) is 1.09. The summed E-state index contributed by atoms with van der Waals surface area (Å²) in [5.41, 5.74) is 1.63. The molecule has 26 heavy (non-hydrogen) atoms. The van der Waals surface area contributed by atoms with Gasteiger partial charge in [0.15, 0.2) is 0 Å². The maximum atomic E-state index is 11.9. The average molecular weight is 354 g/mol. The predicted molar refractivity (Wildman–Crippen MR) is 102 cm³/mol. The molecule has 138 valence electrons. The Kier molecular flexibility index (Phi) is 8.19. The number of carbonyl (C=O) groups excluding carboxylic acids is 2. The van der Waals surface area contributed by atoms with Gasteiger partial charge in [0.25, 0.3) is 5.91 Å². The first-order valence-corrected chi connectivity index (χ1v) is 8.92. The van der Waals surface area contributed by atoms with E-state index in [4.69, 9.17) is 4.74 Å². The van der Waals surface area contributed by atoms with Crippen LogP contribution in [0.3, 0.4) is 0 Å². The summed E-state index contributed by atoms with van der Waals surface area (Å²) in [6, 6.07) is 16.8. The van der Waals surface area contributed by atoms with Crippen molar-refractivity contribution in [2.45, 2.75) is 32.2 Å². The molecular formula is C21H26N2O3. The van der Waals surface area contributed by atoms with E-state index in [-0.39, 0.29) is 11.8 Å². The van der Waals surface area contributed by atoms with Gasteiger partial charge in [-0.1, -0.05) is 42.8 Å². The average Bonchev–Trinajstić information content (AvgIpc) is 2.69. The minimum atomic E-state index is -0.0554. The van der Waals surface area contributed by atoms with Gasteiger partial charge >= 0.3 is 0 Å². The molecule has 0 aliphatic heterocycles. The van der Waals surface area contributed by atoms with Crippen molar-refractivity contribution in [3.05, 3.63) is 65.7 Å². The van der Waals surface area contributed by atoms with Gasteiger partial charge in [-0.15, -0.1) is 0 Å². The van der Waals surface area contributed by atoms with E-state index in [1.54, 1.807) is 19.2 Å². The molecule has 5 nitrogen and oxygen atoms in total. The second-order valence-corrected chi connectivity index (χ2v) is 6.02. The number of nitrogens with one attached hydrogen (secondary N) is 2. The van der Waals surface area contributed by atoms with E-state index in [2.05, 4.69) is 10.6 Å². The van der Waals surface area contributed by atoms with Crippen LogP contribution in [-0.4, -0.2) is 25.5 Å². The van der Waals surface area contributed by atoms with Crippen molar-refractivity contribution in [2.24, 2.45) is 0 Å². The number of unbranched alkanes of at least 4 members (excludes halogenated alkanes) is 2. The minimum Gasteiger partial charge on any atom is -0.496 e. The molecule has 2 amide bonds. The number of hydrogen-bond acceptors (Lipinski definition) is 3. The summed E-state index contributed by atoms with van der Waals surface area (Å²) >= 11 is 0. The topological polar surface area (TPSA) is 67.4 Å². The molecule has 2 N–H and O–H groups in total. The Morgan fingerprint density at radius 3 is 2.38 bits per heavy atom. The molecule has 0 heterocycles. The van der Waals surface area contributed by atoms with E-state index in [9.17, 15) is 9.59 Å². The molecule has 0 bridgehead atoms. The maximum Gasteiger partial charge on any atom is 0.251 e. The quantitative estimate of drug-likeness (QED) is 0.643. The third-order valence-corrected chi connectivity index (χ3v) is 4.07. The molecule has 2 aromatic carbocycles. The smallest absolute Gasteiger partial charge is 0.251 e. The molecule has 5 heteroatoms. The maximum absolute atomic E-state index is 11.9. The molecule has 0 aromatic heterocycles. The van der Waals surface area contributed by atoms with Crippen molar-refractivity contribution in [1.29, 1.82) is 0 Å². The third-order valence-electron chi connectivity index (χ3n) is 4.07. The number of amides is 2. The van der Waals surface area contributed by atoms with Gasteiger partial charge in [0.1, 0.15) is 5.75 Å². The fraction of sp³-hybridized carbons (Fsp3) is 0.333. The number of hydrogen-bond donors (Lipinski definition) is 2. The first-order valence-electron chi connectivity index (χ1n) is 8.92. The Labute approximate surface area is 154 Å². The minimum absolute atomic E-state index is 0.0317. The van der Waals surface area contributed by atoms with E-state index in [0.29, 0.717) is 25.1 Å². The summed E-state index contributed by atoms with van der Waals surface area (Å²) in [5.74, 6) is 0.756. The molecule has 0 aliphatic carbocycles. The van der Waals surface area contributed by atoms with Crippen LogP contribution in [0.5, 0.6) is 5.75 Å². The lowest BCUT2D eigenvalue weighted by molar-refractivity contribution is -0.121. The van der Waals surface area contributed by atoms with Crippen molar-refractivity contribution in [2.75, 3.05) is 13.7 Å². The van der Waals surface area contributed by atoms with E-state index in [0.717, 1.165) is 30.6 Å². The Hall–Kier alpha value is -2.82. The molecule has 0 saturated carbocycles. The molecular weight excluding hydrogens is 328 g/mol. The van der Waals surface area contributed by atoms with Crippen LogP contribution >= 0.6 is 0 Å². The van der Waals surface area contributed by atoms with E-state index >= 15 is 0 Å². The zero-order valence-electron chi connectivity index (χ0n) is 15.2. The first-order chi connectivity index (χ1) is 12.7. The summed E-state index contributed by atoms with van der Waals surface area (Å²) in [4.78, 5) is 23.8. The Morgan fingerprint density at radius 2 is 1.62 bits per heavy atom. The van der Waals surface area contributed by atoms with Gasteiger partial charge in [-0.05, 0) is 31.0 Å². The fourth-order valence-corrected chi connectivity index (χ4v) is 2.61. The van der Waals surface area contributed by atoms with Gasteiger partial charge < -0.3 is 15.4 Å². The van der Waals surface area contributed by atoms with Crippen LogP contribution in [0.25, 0.3) is 0 Å². The van der Waals surface area contributed by atoms with Crippen LogP contribution in [0, 0.1) is 0 Å². The molecule has 0 saturated heterocycles. The second kappa shape index (κ2) is 10.9. The lowest BCUT2D eigenvalue weighted by Crippen LogP contribution is -2.24. The lowest BCUT2D eigenvalue weighted by Gasteiger charge is -2.09. The van der Waals surface area contributed by atoms with Crippen LogP contribution in [-0.2, 0) is 11.3 Å². The molecule has 0 unspecified atom stereocenters. The van der Waals surface area contributed by atoms with E-state index in [1.807, 2.05) is 42.5 Å². The first kappa shape index (κ1) is 19.5. The number of ether oxygens (including phenoxy) is 1. The highest BCUT2D eigenvalue weighted by atomic mass is 16.5. The molecule has 0 aliphatic rings. The molecule has 0 fully saturated rings. The van der Waals surface area contributed by atoms with Gasteiger partial charge in [0.2, 0.25) is 5.91 Å². The van der Waals surface area contributed by atoms with Gasteiger partial charge in [-0.25, -0.2) is 0 Å². The number of rotatable bonds is 10. The fourth-order valence-electron chi connectivity index (χ4n) is 2.61. The van der Waals surface area contributed by atoms with Crippen molar-refractivity contribution >= 4 is 11.8 Å². The lowest BCUT2D eigenvalue weighted by atomic mass is 10.1. The normalized spacial score (nSPS) is 10.2. The molecule has 2 rings (SSSR count). The zero-order valence-corrected chi connectivity index (χ0v) is 15.2. The van der Waals surface area contributed by atoms with Crippen LogP contribution in [0.2, 0.25) is 0 Å². The highest BCUT2D eigenvalue weighted by Crippen LogP contribution is 2.16. The van der Waals surface area contributed by atoms with Crippen LogP contribution < -0.4 is 15.4 Å². The number of methoxy groups -OCH3 is 1. The van der Waals surface area contributed by atoms with E-state index < -0.39 is 0 Å². The summed E-state index contributed by atoms with van der Waals surface area (Å²) < 4.78 is 5.27. The largest absolute Gasteiger partial charge is 0.496 e. The second-order valence-electron chi connectivity index (χ2n) is 6.02. The number of para-hydroxylation sites is 1. The van der Waals surface area contributed by atoms with Crippen LogP contribution in [0.1, 0.15) is 41.6 Å². The van der Waals surface area contributed by atoms with Crippen molar-refractivity contribution in [3.8, 4) is 5.75 Å². The highest BCUT2D eigenvalue weighted by molar-refractivity contribution is 5.94. The van der Waals surface area contributed by atoms with Crippen molar-refractivity contribution < 1.29 is 14.3 Å². The molecule has 0 spiro atoms. The molecule has 0 radical (unpaired) electrons. The van der Waals surface area contributed by atoms with Crippen molar-refractivity contribution in [1.82, 2.24) is 10.6 Å². The Morgan fingerprint density at radius 1 is 0.885 bits per heavy atom. The Bertz CT molecular complexity index is 701. The van der Waals surface area contributed by atoms with Crippen LogP contribution in [0.4, 0.5) is 0 Å². The molecule has 2 aromatic rings. The van der Waals surface area contributed by atoms with Gasteiger partial charge in [0, 0.05) is 30.6 Å². The highest BCUT2D eigenvalue weighted by Gasteiger charge is 2.06. The summed E-state index contributed by atoms with van der Waals surface area (Å²) in [7, 11) is 1.62. The monoisotopic (exact) mass is 354 g/mol. The number of benzene rings is 2. The summed E-state index contributed by atoms with van der Waals surface area (Å²) in [6.07, 6.45) is 3.05. The molecule has 0 atom stereocenters. The third kappa shape index (κ3) is 6.59. The SMILES string of the molecule is COc1ccccc1CNC(=O)CCCCCNC(=O)c1ccccc1. The standard InChI is InChI=1S/C21H26N2O3/c1-26-19-13-8-7-12-18(19)16-23-20(24)14-6-3-9-15-22-21(25)17-10-4-2-5-11-17/h2,4-5,7-8,10-13H,3,6,9,14-16H2,1H3,(H,22,25)(H,23,24). The van der Waals surface area contributed by atoms with Gasteiger partial charge in [0.05, 0.1) is 7.11 Å². The zero-order chi connectivity index (χ0) is 18.6. The van der Waals surface area contributed by atoms with Gasteiger partial charge in [-0.3, -0.25) is 9.59 Å².